The molecule has 1 aromatic rings. The maximum atomic E-state index is 13.4. The van der Waals surface area contributed by atoms with Crippen molar-refractivity contribution < 1.29 is 19.1 Å². The number of nitrogens with zero attached hydrogens (tertiary/aromatic N) is 1. The van der Waals surface area contributed by atoms with Gasteiger partial charge in [-0.25, -0.2) is 0 Å². The normalized spacial score (nSPS) is 23.1. The number of piperidine rings is 1. The SMILES string of the molecule is C#CCNC(=O)C[C@@H]1C[C@@]2(C(=O)OCC)CCCC=C2N(Cc2ccccc2)C1=O. The molecule has 1 heterocycles. The van der Waals surface area contributed by atoms with E-state index < -0.39 is 11.3 Å². The van der Waals surface area contributed by atoms with Gasteiger partial charge in [-0.15, -0.1) is 6.42 Å². The lowest BCUT2D eigenvalue weighted by atomic mass is 9.66. The van der Waals surface area contributed by atoms with Crippen molar-refractivity contribution in [3.05, 3.63) is 47.7 Å². The van der Waals surface area contributed by atoms with E-state index in [-0.39, 0.29) is 43.8 Å². The second kappa shape index (κ2) is 9.62. The van der Waals surface area contributed by atoms with Gasteiger partial charge in [0, 0.05) is 18.0 Å². The van der Waals surface area contributed by atoms with E-state index in [0.29, 0.717) is 13.0 Å². The van der Waals surface area contributed by atoms with E-state index in [9.17, 15) is 14.4 Å². The van der Waals surface area contributed by atoms with Crippen molar-refractivity contribution in [3.63, 3.8) is 0 Å². The van der Waals surface area contributed by atoms with Crippen LogP contribution in [0.3, 0.4) is 0 Å². The molecule has 0 bridgehead atoms. The highest BCUT2D eigenvalue weighted by Crippen LogP contribution is 2.50. The third-order valence-electron chi connectivity index (χ3n) is 5.81. The third-order valence-corrected chi connectivity index (χ3v) is 5.81. The summed E-state index contributed by atoms with van der Waals surface area (Å²) in [6.07, 6.45) is 9.75. The summed E-state index contributed by atoms with van der Waals surface area (Å²) >= 11 is 0. The molecule has 30 heavy (non-hydrogen) atoms. The Bertz CT molecular complexity index is 871. The molecule has 158 valence electrons. The summed E-state index contributed by atoms with van der Waals surface area (Å²) in [6, 6.07) is 9.66. The highest BCUT2D eigenvalue weighted by atomic mass is 16.5. The number of nitrogens with one attached hydrogen (secondary N) is 1. The lowest BCUT2D eigenvalue weighted by molar-refractivity contribution is -0.162. The van der Waals surface area contributed by atoms with Crippen LogP contribution >= 0.6 is 0 Å². The van der Waals surface area contributed by atoms with Gasteiger partial charge in [-0.05, 0) is 38.2 Å². The van der Waals surface area contributed by atoms with Gasteiger partial charge in [-0.2, -0.15) is 0 Å². The fraction of sp³-hybridized carbons (Fsp3) is 0.458. The van der Waals surface area contributed by atoms with Crippen LogP contribution in [0.2, 0.25) is 0 Å². The van der Waals surface area contributed by atoms with E-state index in [2.05, 4.69) is 11.2 Å². The Morgan fingerprint density at radius 2 is 2.10 bits per heavy atom. The van der Waals surface area contributed by atoms with Gasteiger partial charge in [0.2, 0.25) is 11.8 Å². The zero-order valence-corrected chi connectivity index (χ0v) is 17.4. The molecule has 1 aromatic carbocycles. The van der Waals surface area contributed by atoms with Crippen LogP contribution in [0, 0.1) is 23.7 Å². The van der Waals surface area contributed by atoms with E-state index in [4.69, 9.17) is 11.2 Å². The average Bonchev–Trinajstić information content (AvgIpc) is 2.76. The Morgan fingerprint density at radius 3 is 2.80 bits per heavy atom. The molecule has 6 heteroatoms. The van der Waals surface area contributed by atoms with Crippen molar-refractivity contribution in [1.29, 1.82) is 0 Å². The fourth-order valence-corrected chi connectivity index (χ4v) is 4.48. The Balaban J connectivity index is 1.97. The largest absolute Gasteiger partial charge is 0.465 e. The van der Waals surface area contributed by atoms with Gasteiger partial charge >= 0.3 is 5.97 Å². The molecule has 1 fully saturated rings. The zero-order valence-electron chi connectivity index (χ0n) is 17.4. The van der Waals surface area contributed by atoms with Crippen molar-refractivity contribution in [2.75, 3.05) is 13.2 Å². The Hall–Kier alpha value is -3.07. The monoisotopic (exact) mass is 408 g/mol. The first-order chi connectivity index (χ1) is 14.5. The van der Waals surface area contributed by atoms with Crippen LogP contribution in [0.15, 0.2) is 42.1 Å². The lowest BCUT2D eigenvalue weighted by Gasteiger charge is -2.48. The predicted octanol–water partition coefficient (Wildman–Crippen LogP) is 2.79. The van der Waals surface area contributed by atoms with Crippen molar-refractivity contribution in [3.8, 4) is 12.3 Å². The van der Waals surface area contributed by atoms with Crippen molar-refractivity contribution in [2.24, 2.45) is 11.3 Å². The molecule has 2 aliphatic rings. The van der Waals surface area contributed by atoms with Crippen LogP contribution in [-0.2, 0) is 25.7 Å². The summed E-state index contributed by atoms with van der Waals surface area (Å²) < 4.78 is 5.45. The van der Waals surface area contributed by atoms with Gasteiger partial charge in [0.1, 0.15) is 5.41 Å². The number of allylic oxidation sites excluding steroid dienone is 1. The van der Waals surface area contributed by atoms with Crippen LogP contribution in [0.1, 0.15) is 44.6 Å². The van der Waals surface area contributed by atoms with E-state index in [0.717, 1.165) is 24.1 Å². The van der Waals surface area contributed by atoms with E-state index in [1.54, 1.807) is 11.8 Å². The number of esters is 1. The minimum absolute atomic E-state index is 0.000236. The number of carbonyl (C=O) groups excluding carboxylic acids is 3. The molecule has 2 atom stereocenters. The Kier molecular flexibility index (Phi) is 6.94. The molecular formula is C24H28N2O4. The minimum atomic E-state index is -0.895. The number of ether oxygens (including phenoxy) is 1. The summed E-state index contributed by atoms with van der Waals surface area (Å²) in [5.74, 6) is 1.03. The van der Waals surface area contributed by atoms with Crippen molar-refractivity contribution >= 4 is 17.8 Å². The van der Waals surface area contributed by atoms with Crippen molar-refractivity contribution in [2.45, 2.75) is 45.6 Å². The molecule has 6 nitrogen and oxygen atoms in total. The summed E-state index contributed by atoms with van der Waals surface area (Å²) in [5.41, 5.74) is 0.794. The van der Waals surface area contributed by atoms with E-state index in [1.807, 2.05) is 36.4 Å². The minimum Gasteiger partial charge on any atom is -0.465 e. The first-order valence-corrected chi connectivity index (χ1v) is 10.4. The first-order valence-electron chi connectivity index (χ1n) is 10.4. The Morgan fingerprint density at radius 1 is 1.33 bits per heavy atom. The van der Waals surface area contributed by atoms with Crippen molar-refractivity contribution in [1.82, 2.24) is 10.2 Å². The van der Waals surface area contributed by atoms with Gasteiger partial charge in [0.15, 0.2) is 0 Å². The topological polar surface area (TPSA) is 75.7 Å². The number of rotatable bonds is 7. The number of terminal acetylenes is 1. The lowest BCUT2D eigenvalue weighted by Crippen LogP contribution is -2.54. The van der Waals surface area contributed by atoms with Crippen LogP contribution in [0.25, 0.3) is 0 Å². The molecule has 1 aliphatic carbocycles. The fourth-order valence-electron chi connectivity index (χ4n) is 4.48. The molecule has 1 aliphatic heterocycles. The summed E-state index contributed by atoms with van der Waals surface area (Å²) in [6.45, 7) is 2.52. The van der Waals surface area contributed by atoms with Crippen LogP contribution in [-0.4, -0.2) is 35.8 Å². The number of benzene rings is 1. The second-order valence-electron chi connectivity index (χ2n) is 7.78. The second-order valence-corrected chi connectivity index (χ2v) is 7.78. The highest BCUT2D eigenvalue weighted by molar-refractivity contribution is 5.92. The maximum absolute atomic E-state index is 13.4. The summed E-state index contributed by atoms with van der Waals surface area (Å²) in [4.78, 5) is 40.6. The molecule has 1 saturated heterocycles. The molecular weight excluding hydrogens is 380 g/mol. The third kappa shape index (κ3) is 4.40. The van der Waals surface area contributed by atoms with Gasteiger partial charge < -0.3 is 15.0 Å². The molecule has 0 unspecified atom stereocenters. The highest BCUT2D eigenvalue weighted by Gasteiger charge is 2.54. The molecule has 2 amide bonds. The number of fused-ring (bicyclic) bond motifs is 1. The average molecular weight is 408 g/mol. The number of likely N-dealkylation sites (tertiary alicyclic amines) is 1. The van der Waals surface area contributed by atoms with Crippen LogP contribution in [0.4, 0.5) is 0 Å². The maximum Gasteiger partial charge on any atom is 0.318 e. The van der Waals surface area contributed by atoms with Gasteiger partial charge in [-0.1, -0.05) is 42.3 Å². The summed E-state index contributed by atoms with van der Waals surface area (Å²) in [7, 11) is 0. The molecule has 0 radical (unpaired) electrons. The Labute approximate surface area is 177 Å². The number of hydrogen-bond acceptors (Lipinski definition) is 4. The van der Waals surface area contributed by atoms with Gasteiger partial charge in [-0.3, -0.25) is 14.4 Å². The molecule has 1 N–H and O–H groups in total. The molecule has 3 rings (SSSR count). The van der Waals surface area contributed by atoms with E-state index in [1.165, 1.54) is 0 Å². The number of amides is 2. The standard InChI is InChI=1S/C24H28N2O4/c1-3-14-25-21(27)15-19-16-24(23(29)30-4-2)13-9-8-12-20(24)26(22(19)28)17-18-10-6-5-7-11-18/h1,5-7,10-12,19H,4,8-9,13-17H2,2H3,(H,25,27)/t19-,24+/m1/s1. The van der Waals surface area contributed by atoms with Gasteiger partial charge in [0.25, 0.3) is 0 Å². The number of hydrogen-bond donors (Lipinski definition) is 1. The molecule has 0 saturated carbocycles. The smallest absolute Gasteiger partial charge is 0.318 e. The zero-order chi connectivity index (χ0) is 21.6. The van der Waals surface area contributed by atoms with Crippen LogP contribution in [0.5, 0.6) is 0 Å². The molecule has 0 spiro atoms. The predicted molar refractivity (Wildman–Crippen MR) is 113 cm³/mol. The molecule has 0 aromatic heterocycles. The number of carbonyl (C=O) groups is 3. The summed E-state index contributed by atoms with van der Waals surface area (Å²) in [5, 5.41) is 2.63. The van der Waals surface area contributed by atoms with Gasteiger partial charge in [0.05, 0.1) is 19.7 Å². The van der Waals surface area contributed by atoms with E-state index >= 15 is 0 Å². The first kappa shape index (κ1) is 21.6. The van der Waals surface area contributed by atoms with Crippen LogP contribution < -0.4 is 5.32 Å². The quantitative estimate of drug-likeness (QED) is 0.556.